The number of hydrogen-bond donors (Lipinski definition) is 2. The molecule has 0 saturated carbocycles. The van der Waals surface area contributed by atoms with E-state index >= 15 is 0 Å². The number of piperidine rings is 1. The highest BCUT2D eigenvalue weighted by Crippen LogP contribution is 2.20. The summed E-state index contributed by atoms with van der Waals surface area (Å²) in [5.74, 6) is 0.727. The zero-order chi connectivity index (χ0) is 19.2. The minimum atomic E-state index is -0.159. The first kappa shape index (κ1) is 19.8. The van der Waals surface area contributed by atoms with Crippen molar-refractivity contribution in [2.24, 2.45) is 11.8 Å². The Kier molecular flexibility index (Phi) is 6.84. The largest absolute Gasteiger partial charge is 0.378 e. The first-order valence-electron chi connectivity index (χ1n) is 9.83. The molecule has 0 unspecified atom stereocenters. The van der Waals surface area contributed by atoms with Crippen LogP contribution in [0.1, 0.15) is 29.9 Å². The van der Waals surface area contributed by atoms with Gasteiger partial charge in [-0.3, -0.25) is 9.59 Å². The molecule has 2 aliphatic rings. The van der Waals surface area contributed by atoms with E-state index in [0.29, 0.717) is 52.4 Å². The number of carbonyl (C=O) groups excluding carboxylic acids is 2. The fraction of sp³-hybridized carbons (Fsp3) is 0.737. The number of morpholine rings is 1. The standard InChI is InChI=1S/C19H30N4O4/c1-13-17(14(2)27-22-13)4-3-5-21-18(24)15-10-16(12-20-11-15)19(25)23-6-8-26-9-7-23/h15-16,20H,3-12H2,1-2H3,(H,21,24)/t15-,16-/m1/s1. The molecule has 150 valence electrons. The summed E-state index contributed by atoms with van der Waals surface area (Å²) >= 11 is 0. The molecule has 2 amide bonds. The molecule has 1 aromatic heterocycles. The molecule has 0 spiro atoms. The molecule has 3 rings (SSSR count). The van der Waals surface area contributed by atoms with Crippen molar-refractivity contribution in [1.82, 2.24) is 20.7 Å². The summed E-state index contributed by atoms with van der Waals surface area (Å²) in [6.45, 7) is 8.22. The lowest BCUT2D eigenvalue weighted by Crippen LogP contribution is -2.51. The number of aryl methyl sites for hydroxylation is 2. The van der Waals surface area contributed by atoms with E-state index in [4.69, 9.17) is 9.26 Å². The molecular formula is C19H30N4O4. The number of nitrogens with one attached hydrogen (secondary N) is 2. The van der Waals surface area contributed by atoms with Crippen molar-refractivity contribution >= 4 is 11.8 Å². The zero-order valence-electron chi connectivity index (χ0n) is 16.3. The molecule has 0 aliphatic carbocycles. The monoisotopic (exact) mass is 378 g/mol. The van der Waals surface area contributed by atoms with Crippen molar-refractivity contribution in [1.29, 1.82) is 0 Å². The minimum Gasteiger partial charge on any atom is -0.378 e. The molecule has 2 aliphatic heterocycles. The second-order valence-corrected chi connectivity index (χ2v) is 7.42. The van der Waals surface area contributed by atoms with Crippen molar-refractivity contribution in [3.63, 3.8) is 0 Å². The maximum Gasteiger partial charge on any atom is 0.227 e. The maximum atomic E-state index is 12.7. The van der Waals surface area contributed by atoms with Gasteiger partial charge in [-0.25, -0.2) is 0 Å². The van der Waals surface area contributed by atoms with Gasteiger partial charge < -0.3 is 24.8 Å². The number of hydrogen-bond acceptors (Lipinski definition) is 6. The fourth-order valence-electron chi connectivity index (χ4n) is 3.85. The predicted octanol–water partition coefficient (Wildman–Crippen LogP) is 0.425. The molecule has 8 heteroatoms. The Morgan fingerprint density at radius 2 is 1.96 bits per heavy atom. The number of aromatic nitrogens is 1. The Balaban J connectivity index is 1.42. The highest BCUT2D eigenvalue weighted by Gasteiger charge is 2.33. The average molecular weight is 378 g/mol. The highest BCUT2D eigenvalue weighted by atomic mass is 16.5. The van der Waals surface area contributed by atoms with E-state index in [-0.39, 0.29) is 23.7 Å². The lowest BCUT2D eigenvalue weighted by molar-refractivity contribution is -0.141. The van der Waals surface area contributed by atoms with Gasteiger partial charge in [0.05, 0.1) is 30.7 Å². The van der Waals surface area contributed by atoms with Crippen molar-refractivity contribution in [2.75, 3.05) is 45.9 Å². The zero-order valence-corrected chi connectivity index (χ0v) is 16.3. The van der Waals surface area contributed by atoms with Gasteiger partial charge in [0.2, 0.25) is 11.8 Å². The SMILES string of the molecule is Cc1noc(C)c1CCCNC(=O)[C@H]1CNC[C@H](C(=O)N2CCOCC2)C1. The second-order valence-electron chi connectivity index (χ2n) is 7.42. The van der Waals surface area contributed by atoms with E-state index in [1.165, 1.54) is 0 Å². The normalized spacial score (nSPS) is 23.3. The van der Waals surface area contributed by atoms with Crippen LogP contribution in [0.4, 0.5) is 0 Å². The third-order valence-electron chi connectivity index (χ3n) is 5.48. The van der Waals surface area contributed by atoms with Crippen molar-refractivity contribution < 1.29 is 18.8 Å². The van der Waals surface area contributed by atoms with Crippen molar-refractivity contribution in [3.8, 4) is 0 Å². The van der Waals surface area contributed by atoms with Crippen LogP contribution in [0.5, 0.6) is 0 Å². The molecule has 0 bridgehead atoms. The van der Waals surface area contributed by atoms with Gasteiger partial charge in [-0.05, 0) is 33.1 Å². The molecule has 2 N–H and O–H groups in total. The smallest absolute Gasteiger partial charge is 0.227 e. The van der Waals surface area contributed by atoms with E-state index in [9.17, 15) is 9.59 Å². The molecule has 3 heterocycles. The summed E-state index contributed by atoms with van der Waals surface area (Å²) in [7, 11) is 0. The first-order valence-corrected chi connectivity index (χ1v) is 9.83. The van der Waals surface area contributed by atoms with Crippen molar-refractivity contribution in [3.05, 3.63) is 17.0 Å². The molecule has 2 atom stereocenters. The maximum absolute atomic E-state index is 12.7. The second kappa shape index (κ2) is 9.32. The Hall–Kier alpha value is -1.93. The molecule has 0 radical (unpaired) electrons. The van der Waals surface area contributed by atoms with Gasteiger partial charge in [0.15, 0.2) is 0 Å². The summed E-state index contributed by atoms with van der Waals surface area (Å²) in [5.41, 5.74) is 2.04. The van der Waals surface area contributed by atoms with Crippen LogP contribution in [0, 0.1) is 25.7 Å². The van der Waals surface area contributed by atoms with E-state index in [0.717, 1.165) is 29.9 Å². The van der Waals surface area contributed by atoms with Crippen LogP contribution in [-0.2, 0) is 20.7 Å². The number of rotatable bonds is 6. The molecule has 2 saturated heterocycles. The summed E-state index contributed by atoms with van der Waals surface area (Å²) in [5, 5.41) is 10.2. The number of carbonyl (C=O) groups is 2. The van der Waals surface area contributed by atoms with Gasteiger partial charge in [-0.15, -0.1) is 0 Å². The van der Waals surface area contributed by atoms with Crippen LogP contribution in [-0.4, -0.2) is 67.8 Å². The van der Waals surface area contributed by atoms with E-state index < -0.39 is 0 Å². The molecule has 8 nitrogen and oxygen atoms in total. The highest BCUT2D eigenvalue weighted by molar-refractivity contribution is 5.83. The summed E-state index contributed by atoms with van der Waals surface area (Å²) in [4.78, 5) is 27.0. The van der Waals surface area contributed by atoms with Gasteiger partial charge in [-0.1, -0.05) is 5.16 Å². The topological polar surface area (TPSA) is 96.7 Å². The van der Waals surface area contributed by atoms with Crippen LogP contribution >= 0.6 is 0 Å². The van der Waals surface area contributed by atoms with Crippen LogP contribution < -0.4 is 10.6 Å². The number of amides is 2. The molecule has 1 aromatic rings. The predicted molar refractivity (Wildman–Crippen MR) is 99.2 cm³/mol. The summed E-state index contributed by atoms with van der Waals surface area (Å²) in [6.07, 6.45) is 2.28. The Bertz CT molecular complexity index is 635. The molecule has 0 aromatic carbocycles. The Morgan fingerprint density at radius 3 is 2.67 bits per heavy atom. The number of nitrogens with zero attached hydrogens (tertiary/aromatic N) is 2. The van der Waals surface area contributed by atoms with Crippen LogP contribution in [0.2, 0.25) is 0 Å². The van der Waals surface area contributed by atoms with Gasteiger partial charge in [0.25, 0.3) is 0 Å². The van der Waals surface area contributed by atoms with Gasteiger partial charge in [0.1, 0.15) is 5.76 Å². The van der Waals surface area contributed by atoms with E-state index in [2.05, 4.69) is 15.8 Å². The third kappa shape index (κ3) is 5.07. The van der Waals surface area contributed by atoms with Gasteiger partial charge in [0, 0.05) is 38.3 Å². The quantitative estimate of drug-likeness (QED) is 0.697. The van der Waals surface area contributed by atoms with Crippen LogP contribution in [0.25, 0.3) is 0 Å². The first-order chi connectivity index (χ1) is 13.1. The van der Waals surface area contributed by atoms with Crippen molar-refractivity contribution in [2.45, 2.75) is 33.1 Å². The van der Waals surface area contributed by atoms with E-state index in [1.807, 2.05) is 18.7 Å². The lowest BCUT2D eigenvalue weighted by atomic mass is 9.88. The average Bonchev–Trinajstić information content (AvgIpc) is 3.03. The minimum absolute atomic E-state index is 0.0285. The lowest BCUT2D eigenvalue weighted by Gasteiger charge is -2.34. The Morgan fingerprint density at radius 1 is 1.22 bits per heavy atom. The number of ether oxygens (including phenoxy) is 1. The molecular weight excluding hydrogens is 348 g/mol. The summed E-state index contributed by atoms with van der Waals surface area (Å²) in [6, 6.07) is 0. The Labute approximate surface area is 160 Å². The van der Waals surface area contributed by atoms with E-state index in [1.54, 1.807) is 0 Å². The van der Waals surface area contributed by atoms with Gasteiger partial charge >= 0.3 is 0 Å². The van der Waals surface area contributed by atoms with Gasteiger partial charge in [-0.2, -0.15) is 0 Å². The summed E-state index contributed by atoms with van der Waals surface area (Å²) < 4.78 is 10.5. The fourth-order valence-corrected chi connectivity index (χ4v) is 3.85. The van der Waals surface area contributed by atoms with Crippen LogP contribution in [0.3, 0.4) is 0 Å². The molecule has 2 fully saturated rings. The van der Waals surface area contributed by atoms with Crippen LogP contribution in [0.15, 0.2) is 4.52 Å². The molecule has 27 heavy (non-hydrogen) atoms. The third-order valence-corrected chi connectivity index (χ3v) is 5.48.